The summed E-state index contributed by atoms with van der Waals surface area (Å²) in [4.78, 5) is 8.09. The minimum Gasteiger partial charge on any atom is -0.506 e. The van der Waals surface area contributed by atoms with Crippen LogP contribution in [0.1, 0.15) is 5.89 Å². The third-order valence-corrected chi connectivity index (χ3v) is 5.03. The Bertz CT molecular complexity index is 871. The first-order valence-electron chi connectivity index (χ1n) is 8.76. The number of halogens is 1. The van der Waals surface area contributed by atoms with Crippen molar-refractivity contribution in [2.24, 2.45) is 0 Å². The smallest absolute Gasteiger partial charge is 0.250 e. The lowest BCUT2D eigenvalue weighted by Crippen LogP contribution is -3.13. The number of aromatic hydroxyl groups is 1. The summed E-state index contributed by atoms with van der Waals surface area (Å²) in [5.41, 5.74) is 1.89. The van der Waals surface area contributed by atoms with Gasteiger partial charge in [-0.1, -0.05) is 23.7 Å². The van der Waals surface area contributed by atoms with Crippen LogP contribution in [0.15, 0.2) is 59.1 Å². The highest BCUT2D eigenvalue weighted by Gasteiger charge is 2.23. The Labute approximate surface area is 157 Å². The Morgan fingerprint density at radius 1 is 1.08 bits per heavy atom. The Hall–Kier alpha value is -2.50. The Balaban J connectivity index is 1.36. The molecule has 26 heavy (non-hydrogen) atoms. The van der Waals surface area contributed by atoms with Gasteiger partial charge in [0.2, 0.25) is 0 Å². The van der Waals surface area contributed by atoms with Crippen LogP contribution in [0.3, 0.4) is 0 Å². The molecular formula is C20H21ClN3O2+. The number of nitrogens with one attached hydrogen (secondary N) is 1. The summed E-state index contributed by atoms with van der Waals surface area (Å²) in [7, 11) is 0. The van der Waals surface area contributed by atoms with Gasteiger partial charge in [-0.15, -0.1) is 0 Å². The number of oxazole rings is 1. The molecule has 0 unspecified atom stereocenters. The minimum absolute atomic E-state index is 0.344. The fourth-order valence-corrected chi connectivity index (χ4v) is 3.45. The van der Waals surface area contributed by atoms with E-state index in [1.165, 1.54) is 4.90 Å². The average Bonchev–Trinajstić information content (AvgIpc) is 3.12. The number of quaternary nitrogens is 1. The van der Waals surface area contributed by atoms with Crippen LogP contribution < -0.4 is 9.80 Å². The predicted molar refractivity (Wildman–Crippen MR) is 102 cm³/mol. The van der Waals surface area contributed by atoms with Gasteiger partial charge in [-0.05, 0) is 36.4 Å². The largest absolute Gasteiger partial charge is 0.506 e. The summed E-state index contributed by atoms with van der Waals surface area (Å²) in [6.07, 6.45) is 1.77. The first kappa shape index (κ1) is 16.9. The van der Waals surface area contributed by atoms with Crippen molar-refractivity contribution in [1.82, 2.24) is 4.98 Å². The van der Waals surface area contributed by atoms with Crippen molar-refractivity contribution < 1.29 is 14.4 Å². The molecular weight excluding hydrogens is 350 g/mol. The van der Waals surface area contributed by atoms with E-state index in [-0.39, 0.29) is 0 Å². The molecule has 6 heteroatoms. The van der Waals surface area contributed by atoms with Crippen molar-refractivity contribution in [1.29, 1.82) is 0 Å². The highest BCUT2D eigenvalue weighted by Crippen LogP contribution is 2.26. The maximum absolute atomic E-state index is 10.0. The summed E-state index contributed by atoms with van der Waals surface area (Å²) >= 11 is 5.93. The average molecular weight is 371 g/mol. The van der Waals surface area contributed by atoms with E-state index in [0.29, 0.717) is 10.8 Å². The van der Waals surface area contributed by atoms with E-state index in [1.54, 1.807) is 12.3 Å². The molecule has 1 fully saturated rings. The summed E-state index contributed by atoms with van der Waals surface area (Å²) in [6, 6.07) is 15.1. The number of para-hydroxylation sites is 2. The number of rotatable bonds is 4. The second-order valence-electron chi connectivity index (χ2n) is 6.53. The second-order valence-corrected chi connectivity index (χ2v) is 6.96. The molecule has 1 aromatic heterocycles. The maximum Gasteiger partial charge on any atom is 0.250 e. The zero-order chi connectivity index (χ0) is 17.9. The SMILES string of the molecule is Oc1ccccc1N1CC[NH+](Cc2ncc(-c3ccc(Cl)cc3)o2)CC1. The number of hydrogen-bond donors (Lipinski definition) is 2. The molecule has 0 aliphatic carbocycles. The van der Waals surface area contributed by atoms with Crippen molar-refractivity contribution in [2.75, 3.05) is 31.1 Å². The van der Waals surface area contributed by atoms with E-state index in [2.05, 4.69) is 9.88 Å². The number of phenolic OH excluding ortho intramolecular Hbond substituents is 1. The van der Waals surface area contributed by atoms with E-state index >= 15 is 0 Å². The summed E-state index contributed by atoms with van der Waals surface area (Å²) in [6.45, 7) is 4.53. The zero-order valence-electron chi connectivity index (χ0n) is 14.4. The van der Waals surface area contributed by atoms with Crippen LogP contribution in [0.4, 0.5) is 5.69 Å². The fraction of sp³-hybridized carbons (Fsp3) is 0.250. The van der Waals surface area contributed by atoms with Crippen molar-refractivity contribution in [3.63, 3.8) is 0 Å². The maximum atomic E-state index is 10.0. The molecule has 0 saturated carbocycles. The monoisotopic (exact) mass is 370 g/mol. The van der Waals surface area contributed by atoms with E-state index in [1.807, 2.05) is 42.5 Å². The third kappa shape index (κ3) is 3.69. The van der Waals surface area contributed by atoms with Gasteiger partial charge in [0, 0.05) is 10.6 Å². The highest BCUT2D eigenvalue weighted by molar-refractivity contribution is 6.30. The van der Waals surface area contributed by atoms with Crippen LogP contribution in [0.5, 0.6) is 5.75 Å². The number of phenols is 1. The standard InChI is InChI=1S/C20H20ClN3O2/c21-16-7-5-15(6-8-16)19-13-22-20(26-19)14-23-9-11-24(12-10-23)17-3-1-2-4-18(17)25/h1-8,13,25H,9-12,14H2/p+1. The number of hydrogen-bond acceptors (Lipinski definition) is 4. The molecule has 2 N–H and O–H groups in total. The lowest BCUT2D eigenvalue weighted by molar-refractivity contribution is -0.915. The van der Waals surface area contributed by atoms with Crippen molar-refractivity contribution in [2.45, 2.75) is 6.54 Å². The van der Waals surface area contributed by atoms with Crippen LogP contribution in [0.25, 0.3) is 11.3 Å². The quantitative estimate of drug-likeness (QED) is 0.741. The Morgan fingerprint density at radius 3 is 2.54 bits per heavy atom. The van der Waals surface area contributed by atoms with Crippen molar-refractivity contribution in [3.8, 4) is 17.1 Å². The molecule has 1 aliphatic heterocycles. The van der Waals surface area contributed by atoms with Gasteiger partial charge in [0.1, 0.15) is 5.75 Å². The molecule has 0 spiro atoms. The molecule has 134 valence electrons. The topological polar surface area (TPSA) is 53.9 Å². The van der Waals surface area contributed by atoms with Gasteiger partial charge in [0.05, 0.1) is 38.1 Å². The molecule has 4 rings (SSSR count). The predicted octanol–water partition coefficient (Wildman–Crippen LogP) is 2.61. The Kier molecular flexibility index (Phi) is 4.82. The van der Waals surface area contributed by atoms with Gasteiger partial charge >= 0.3 is 0 Å². The Morgan fingerprint density at radius 2 is 1.81 bits per heavy atom. The number of nitrogens with zero attached hydrogens (tertiary/aromatic N) is 2. The van der Waals surface area contributed by atoms with E-state index in [4.69, 9.17) is 16.0 Å². The van der Waals surface area contributed by atoms with E-state index in [9.17, 15) is 5.11 Å². The van der Waals surface area contributed by atoms with E-state index in [0.717, 1.165) is 55.6 Å². The first-order chi connectivity index (χ1) is 12.7. The lowest BCUT2D eigenvalue weighted by Gasteiger charge is -2.33. The normalized spacial score (nSPS) is 15.3. The minimum atomic E-state index is 0.344. The third-order valence-electron chi connectivity index (χ3n) is 4.78. The van der Waals surface area contributed by atoms with Gasteiger partial charge < -0.3 is 19.3 Å². The molecule has 1 aliphatic rings. The van der Waals surface area contributed by atoms with Gasteiger partial charge in [-0.25, -0.2) is 4.98 Å². The van der Waals surface area contributed by atoms with E-state index < -0.39 is 0 Å². The zero-order valence-corrected chi connectivity index (χ0v) is 15.1. The molecule has 1 saturated heterocycles. The summed E-state index contributed by atoms with van der Waals surface area (Å²) in [5.74, 6) is 1.86. The molecule has 3 aromatic rings. The van der Waals surface area contributed by atoms with Crippen LogP contribution >= 0.6 is 11.6 Å². The number of piperazine rings is 1. The number of anilines is 1. The molecule has 2 aromatic carbocycles. The lowest BCUT2D eigenvalue weighted by atomic mass is 10.2. The molecule has 0 atom stereocenters. The molecule has 5 nitrogen and oxygen atoms in total. The summed E-state index contributed by atoms with van der Waals surface area (Å²) in [5, 5.41) is 10.7. The molecule has 0 radical (unpaired) electrons. The van der Waals surface area contributed by atoms with Gasteiger partial charge in [0.15, 0.2) is 12.3 Å². The number of aromatic nitrogens is 1. The number of benzene rings is 2. The van der Waals surface area contributed by atoms with Crippen molar-refractivity contribution in [3.05, 3.63) is 65.6 Å². The van der Waals surface area contributed by atoms with Gasteiger partial charge in [-0.2, -0.15) is 0 Å². The first-order valence-corrected chi connectivity index (χ1v) is 9.14. The van der Waals surface area contributed by atoms with Crippen molar-refractivity contribution >= 4 is 17.3 Å². The summed E-state index contributed by atoms with van der Waals surface area (Å²) < 4.78 is 5.91. The molecule has 2 heterocycles. The second kappa shape index (κ2) is 7.40. The molecule has 0 amide bonds. The van der Waals surface area contributed by atoms with Gasteiger partial charge in [-0.3, -0.25) is 0 Å². The molecule has 0 bridgehead atoms. The fourth-order valence-electron chi connectivity index (χ4n) is 3.33. The van der Waals surface area contributed by atoms with Crippen LogP contribution in [-0.4, -0.2) is 36.3 Å². The van der Waals surface area contributed by atoms with Gasteiger partial charge in [0.25, 0.3) is 5.89 Å². The highest BCUT2D eigenvalue weighted by atomic mass is 35.5. The van der Waals surface area contributed by atoms with Crippen LogP contribution in [-0.2, 0) is 6.54 Å². The van der Waals surface area contributed by atoms with Crippen LogP contribution in [0, 0.1) is 0 Å². The van der Waals surface area contributed by atoms with Crippen LogP contribution in [0.2, 0.25) is 5.02 Å².